The van der Waals surface area contributed by atoms with Crippen molar-refractivity contribution in [3.8, 4) is 50.2 Å². The topological polar surface area (TPSA) is 17.0 Å². The second kappa shape index (κ2) is 13.0. The van der Waals surface area contributed by atoms with Crippen molar-refractivity contribution in [1.29, 1.82) is 0 Å². The van der Waals surface area contributed by atoms with Crippen LogP contribution in [0, 0.1) is 6.92 Å². The molecule has 0 saturated carbocycles. The normalized spacial score (nSPS) is 11.2. The van der Waals surface area contributed by atoms with Gasteiger partial charge in [-0.2, -0.15) is 0 Å². The molecule has 0 saturated heterocycles. The molecule has 0 spiro atoms. The lowest BCUT2D eigenvalue weighted by Crippen LogP contribution is -1.94. The maximum Gasteiger partial charge on any atom is 0.0541 e. The van der Waals surface area contributed by atoms with Crippen molar-refractivity contribution in [3.63, 3.8) is 0 Å². The van der Waals surface area contributed by atoms with Gasteiger partial charge in [-0.1, -0.05) is 133 Å². The summed E-state index contributed by atoms with van der Waals surface area (Å²) >= 11 is 0. The highest BCUT2D eigenvalue weighted by Gasteiger charge is 2.14. The molecule has 0 aliphatic heterocycles. The molecule has 9 aromatic rings. The van der Waals surface area contributed by atoms with Gasteiger partial charge in [0.05, 0.1) is 11.0 Å². The zero-order valence-electron chi connectivity index (χ0n) is 28.4. The van der Waals surface area contributed by atoms with Crippen molar-refractivity contribution < 1.29 is 0 Å². The van der Waals surface area contributed by atoms with Crippen molar-refractivity contribution >= 4 is 33.2 Å². The summed E-state index contributed by atoms with van der Waals surface area (Å²) in [4.78, 5) is 0. The van der Waals surface area contributed by atoms with Gasteiger partial charge in [0.25, 0.3) is 0 Å². The number of rotatable bonds is 7. The predicted octanol–water partition coefficient (Wildman–Crippen LogP) is 13.5. The summed E-state index contributed by atoms with van der Waals surface area (Å²) in [5, 5.41) is 6.11. The van der Waals surface area contributed by atoms with Gasteiger partial charge in [0.1, 0.15) is 0 Å². The van der Waals surface area contributed by atoms with Crippen molar-refractivity contribution in [2.24, 2.45) is 0 Å². The zero-order chi connectivity index (χ0) is 34.1. The summed E-state index contributed by atoms with van der Waals surface area (Å²) in [5.41, 5.74) is 16.6. The van der Waals surface area contributed by atoms with E-state index < -0.39 is 0 Å². The Kier molecular flexibility index (Phi) is 7.75. The second-order valence-electron chi connectivity index (χ2n) is 13.2. The summed E-state index contributed by atoms with van der Waals surface area (Å²) in [6, 6.07) is 69.9. The van der Waals surface area contributed by atoms with E-state index in [-0.39, 0.29) is 0 Å². The smallest absolute Gasteiger partial charge is 0.0541 e. The maximum atomic E-state index is 3.61. The molecule has 2 heteroatoms. The first-order valence-corrected chi connectivity index (χ1v) is 17.5. The largest absolute Gasteiger partial charge is 0.355 e. The Balaban J connectivity index is 1.08. The van der Waals surface area contributed by atoms with Crippen LogP contribution in [-0.4, -0.2) is 4.57 Å². The minimum absolute atomic E-state index is 1.07. The van der Waals surface area contributed by atoms with Crippen molar-refractivity contribution in [1.82, 2.24) is 4.57 Å². The van der Waals surface area contributed by atoms with Gasteiger partial charge in [0.2, 0.25) is 0 Å². The molecule has 9 rings (SSSR count). The maximum absolute atomic E-state index is 3.61. The van der Waals surface area contributed by atoms with E-state index in [1.54, 1.807) is 0 Å². The number of nitrogens with zero attached hydrogens (tertiary/aromatic N) is 1. The second-order valence-corrected chi connectivity index (χ2v) is 13.2. The lowest BCUT2D eigenvalue weighted by atomic mass is 9.96. The van der Waals surface area contributed by atoms with Gasteiger partial charge < -0.3 is 9.88 Å². The summed E-state index contributed by atoms with van der Waals surface area (Å²) in [7, 11) is 0. The van der Waals surface area contributed by atoms with Crippen LogP contribution in [0.5, 0.6) is 0 Å². The van der Waals surface area contributed by atoms with E-state index in [0.717, 1.165) is 17.1 Å². The fourth-order valence-corrected chi connectivity index (χ4v) is 7.37. The number of benzene rings is 8. The van der Waals surface area contributed by atoms with Gasteiger partial charge >= 0.3 is 0 Å². The Morgan fingerprint density at radius 1 is 0.373 bits per heavy atom. The van der Waals surface area contributed by atoms with E-state index in [9.17, 15) is 0 Å². The lowest BCUT2D eigenvalue weighted by molar-refractivity contribution is 1.18. The third-order valence-electron chi connectivity index (χ3n) is 9.80. The number of anilines is 2. The average Bonchev–Trinajstić information content (AvgIpc) is 3.52. The molecule has 1 heterocycles. The highest BCUT2D eigenvalue weighted by atomic mass is 15.0. The minimum Gasteiger partial charge on any atom is -0.355 e. The Bertz CT molecular complexity index is 2650. The molecule has 1 N–H and O–H groups in total. The molecular formula is C49H36N2. The van der Waals surface area contributed by atoms with E-state index in [2.05, 4.69) is 205 Å². The molecule has 0 aliphatic rings. The number of nitrogens with one attached hydrogen (secondary N) is 1. The fraction of sp³-hybridized carbons (Fsp3) is 0.0204. The standard InChI is InChI=1S/C49H36N2/c1-34-29-40(35-13-4-2-5-14-35)32-41(30-34)36-23-26-43(27-24-36)51-48-22-11-9-20-45(48)46-33-38(25-28-49(46)51)37-15-12-16-39(31-37)44-19-8-10-21-47(44)50-42-17-6-3-7-18-42/h2-33,50H,1H3. The van der Waals surface area contributed by atoms with Gasteiger partial charge in [0.15, 0.2) is 0 Å². The third kappa shape index (κ3) is 5.88. The molecule has 0 amide bonds. The molecule has 0 radical (unpaired) electrons. The average molecular weight is 653 g/mol. The van der Waals surface area contributed by atoms with Crippen molar-refractivity contribution in [2.45, 2.75) is 6.92 Å². The van der Waals surface area contributed by atoms with Crippen LogP contribution in [0.3, 0.4) is 0 Å². The van der Waals surface area contributed by atoms with Gasteiger partial charge in [-0.05, 0) is 112 Å². The van der Waals surface area contributed by atoms with Crippen LogP contribution in [0.25, 0.3) is 72.0 Å². The van der Waals surface area contributed by atoms with E-state index in [4.69, 9.17) is 0 Å². The van der Waals surface area contributed by atoms with Crippen LogP contribution < -0.4 is 5.32 Å². The molecule has 2 nitrogen and oxygen atoms in total. The Hall–Kier alpha value is -6.64. The molecule has 0 unspecified atom stereocenters. The number of fused-ring (bicyclic) bond motifs is 3. The molecule has 0 bridgehead atoms. The number of hydrogen-bond donors (Lipinski definition) is 1. The Labute approximate surface area is 298 Å². The highest BCUT2D eigenvalue weighted by molar-refractivity contribution is 6.10. The minimum atomic E-state index is 1.07. The van der Waals surface area contributed by atoms with E-state index in [0.29, 0.717) is 0 Å². The summed E-state index contributed by atoms with van der Waals surface area (Å²) in [6.07, 6.45) is 0. The quantitative estimate of drug-likeness (QED) is 0.181. The fourth-order valence-electron chi connectivity index (χ4n) is 7.37. The monoisotopic (exact) mass is 652 g/mol. The van der Waals surface area contributed by atoms with E-state index in [1.807, 2.05) is 6.07 Å². The molecule has 0 aliphatic carbocycles. The predicted molar refractivity (Wildman–Crippen MR) is 217 cm³/mol. The number of para-hydroxylation sites is 3. The summed E-state index contributed by atoms with van der Waals surface area (Å²) in [5.74, 6) is 0. The highest BCUT2D eigenvalue weighted by Crippen LogP contribution is 2.38. The van der Waals surface area contributed by atoms with E-state index >= 15 is 0 Å². The van der Waals surface area contributed by atoms with Crippen LogP contribution >= 0.6 is 0 Å². The Morgan fingerprint density at radius 3 is 1.75 bits per heavy atom. The number of aromatic nitrogens is 1. The molecule has 242 valence electrons. The third-order valence-corrected chi connectivity index (χ3v) is 9.80. The van der Waals surface area contributed by atoms with Gasteiger partial charge in [-0.25, -0.2) is 0 Å². The van der Waals surface area contributed by atoms with Crippen LogP contribution in [0.4, 0.5) is 11.4 Å². The molecule has 0 atom stereocenters. The van der Waals surface area contributed by atoms with Crippen LogP contribution in [-0.2, 0) is 0 Å². The SMILES string of the molecule is Cc1cc(-c2ccccc2)cc(-c2ccc(-n3c4ccccc4c4cc(-c5cccc(-c6ccccc6Nc6ccccc6)c5)ccc43)cc2)c1. The number of hydrogen-bond acceptors (Lipinski definition) is 1. The summed E-state index contributed by atoms with van der Waals surface area (Å²) < 4.78 is 2.39. The molecule has 8 aromatic carbocycles. The van der Waals surface area contributed by atoms with Crippen LogP contribution in [0.1, 0.15) is 5.56 Å². The van der Waals surface area contributed by atoms with Crippen molar-refractivity contribution in [2.75, 3.05) is 5.32 Å². The first-order valence-electron chi connectivity index (χ1n) is 17.5. The first-order chi connectivity index (χ1) is 25.2. The van der Waals surface area contributed by atoms with E-state index in [1.165, 1.54) is 71.9 Å². The lowest BCUT2D eigenvalue weighted by Gasteiger charge is -2.14. The molecule has 1 aromatic heterocycles. The first kappa shape index (κ1) is 30.4. The van der Waals surface area contributed by atoms with Crippen molar-refractivity contribution in [3.05, 3.63) is 200 Å². The van der Waals surface area contributed by atoms with Gasteiger partial charge in [0, 0.05) is 33.4 Å². The number of aryl methyl sites for hydroxylation is 1. The Morgan fingerprint density at radius 2 is 0.941 bits per heavy atom. The zero-order valence-corrected chi connectivity index (χ0v) is 28.4. The van der Waals surface area contributed by atoms with Crippen LogP contribution in [0.2, 0.25) is 0 Å². The molecule has 51 heavy (non-hydrogen) atoms. The molecular weight excluding hydrogens is 617 g/mol. The molecule has 0 fully saturated rings. The van der Waals surface area contributed by atoms with Crippen LogP contribution in [0.15, 0.2) is 194 Å². The summed E-state index contributed by atoms with van der Waals surface area (Å²) in [6.45, 7) is 2.18. The van der Waals surface area contributed by atoms with Gasteiger partial charge in [-0.3, -0.25) is 0 Å². The van der Waals surface area contributed by atoms with Gasteiger partial charge in [-0.15, -0.1) is 0 Å².